The summed E-state index contributed by atoms with van der Waals surface area (Å²) in [5.41, 5.74) is 5.71. The van der Waals surface area contributed by atoms with Gasteiger partial charge in [0.25, 0.3) is 0 Å². The van der Waals surface area contributed by atoms with Gasteiger partial charge in [0.2, 0.25) is 11.8 Å². The van der Waals surface area contributed by atoms with E-state index in [0.29, 0.717) is 24.9 Å². The van der Waals surface area contributed by atoms with E-state index >= 15 is 0 Å². The smallest absolute Gasteiger partial charge is 0.201 e. The number of allylic oxidation sites excluding steroid dienone is 2. The number of hydrogen-bond donors (Lipinski definition) is 4. The second-order valence-corrected chi connectivity index (χ2v) is 10.2. The second kappa shape index (κ2) is 7.98. The van der Waals surface area contributed by atoms with Gasteiger partial charge in [-0.05, 0) is 70.6 Å². The molecule has 0 spiro atoms. The van der Waals surface area contributed by atoms with Crippen LogP contribution in [-0.2, 0) is 25.9 Å². The summed E-state index contributed by atoms with van der Waals surface area (Å²) in [4.78, 5) is 0. The summed E-state index contributed by atoms with van der Waals surface area (Å²) in [5, 5.41) is 43.1. The highest BCUT2D eigenvalue weighted by atomic mass is 16.3. The lowest BCUT2D eigenvalue weighted by atomic mass is 9.81. The van der Waals surface area contributed by atoms with Crippen LogP contribution >= 0.6 is 0 Å². The number of nitrogens with zero attached hydrogens (tertiary/aromatic N) is 2. The van der Waals surface area contributed by atoms with Gasteiger partial charge in [-0.2, -0.15) is 0 Å². The maximum Gasteiger partial charge on any atom is 0.201 e. The van der Waals surface area contributed by atoms with Crippen LogP contribution in [0.25, 0.3) is 12.2 Å². The molecule has 1 saturated carbocycles. The molecule has 0 aromatic carbocycles. The van der Waals surface area contributed by atoms with Gasteiger partial charge in [-0.15, -0.1) is 0 Å². The molecule has 2 aromatic rings. The third-order valence-corrected chi connectivity index (χ3v) is 7.79. The van der Waals surface area contributed by atoms with Gasteiger partial charge in [-0.3, -0.25) is 9.13 Å². The average Bonchev–Trinajstić information content (AvgIpc) is 3.14. The molecule has 172 valence electrons. The number of fused-ring (bicyclic) bond motifs is 2. The molecule has 3 aliphatic rings. The average molecular weight is 439 g/mol. The minimum absolute atomic E-state index is 0.175. The molecule has 0 aliphatic heterocycles. The summed E-state index contributed by atoms with van der Waals surface area (Å²) in [6.07, 6.45) is 11.4. The molecule has 0 amide bonds. The van der Waals surface area contributed by atoms with Crippen molar-refractivity contribution in [3.8, 4) is 23.5 Å². The van der Waals surface area contributed by atoms with E-state index in [1.807, 2.05) is 12.2 Å². The van der Waals surface area contributed by atoms with Crippen molar-refractivity contribution in [1.82, 2.24) is 9.13 Å². The Hall–Kier alpha value is -2.76. The minimum atomic E-state index is 0.175. The number of rotatable bonds is 4. The van der Waals surface area contributed by atoms with E-state index in [4.69, 9.17) is 0 Å². The van der Waals surface area contributed by atoms with Crippen LogP contribution in [0.4, 0.5) is 0 Å². The SMILES string of the molecule is CC1=Cc2c(c(O)n(CC3CCCC(Cn4c(O)c5c(c4O)CCC(C)=C5)C3)c2O)CC1. The van der Waals surface area contributed by atoms with Crippen molar-refractivity contribution in [2.75, 3.05) is 0 Å². The first kappa shape index (κ1) is 21.1. The molecule has 2 atom stereocenters. The fourth-order valence-corrected chi connectivity index (χ4v) is 6.00. The Morgan fingerprint density at radius 3 is 1.56 bits per heavy atom. The molecule has 6 heteroatoms. The van der Waals surface area contributed by atoms with Crippen LogP contribution in [0.2, 0.25) is 0 Å². The van der Waals surface area contributed by atoms with E-state index in [9.17, 15) is 20.4 Å². The summed E-state index contributed by atoms with van der Waals surface area (Å²) >= 11 is 0. The summed E-state index contributed by atoms with van der Waals surface area (Å²) in [6, 6.07) is 0. The van der Waals surface area contributed by atoms with E-state index in [1.54, 1.807) is 9.13 Å². The molecule has 0 bridgehead atoms. The lowest BCUT2D eigenvalue weighted by Crippen LogP contribution is -2.23. The van der Waals surface area contributed by atoms with Crippen molar-refractivity contribution in [2.24, 2.45) is 11.8 Å². The molecule has 5 rings (SSSR count). The van der Waals surface area contributed by atoms with Crippen molar-refractivity contribution in [2.45, 2.75) is 78.3 Å². The Kier molecular flexibility index (Phi) is 5.26. The zero-order valence-corrected chi connectivity index (χ0v) is 19.1. The molecule has 0 radical (unpaired) electrons. The highest BCUT2D eigenvalue weighted by molar-refractivity contribution is 5.68. The van der Waals surface area contributed by atoms with E-state index < -0.39 is 0 Å². The number of aromatic hydroxyl groups is 4. The van der Waals surface area contributed by atoms with Crippen LogP contribution in [0.15, 0.2) is 11.1 Å². The van der Waals surface area contributed by atoms with Gasteiger partial charge in [-0.1, -0.05) is 29.7 Å². The van der Waals surface area contributed by atoms with E-state index in [-0.39, 0.29) is 23.5 Å². The van der Waals surface area contributed by atoms with Crippen LogP contribution in [-0.4, -0.2) is 29.6 Å². The van der Waals surface area contributed by atoms with Gasteiger partial charge in [0.05, 0.1) is 0 Å². The Labute approximate surface area is 189 Å². The predicted octanol–water partition coefficient (Wildman–Crippen LogP) is 5.32. The van der Waals surface area contributed by atoms with Crippen molar-refractivity contribution < 1.29 is 20.4 Å². The Morgan fingerprint density at radius 2 is 1.12 bits per heavy atom. The highest BCUT2D eigenvalue weighted by Crippen LogP contribution is 2.44. The normalized spacial score (nSPS) is 22.8. The van der Waals surface area contributed by atoms with Crippen molar-refractivity contribution in [3.63, 3.8) is 0 Å². The van der Waals surface area contributed by atoms with Gasteiger partial charge in [0, 0.05) is 35.3 Å². The monoisotopic (exact) mass is 438 g/mol. The maximum absolute atomic E-state index is 10.8. The Morgan fingerprint density at radius 1 is 0.688 bits per heavy atom. The van der Waals surface area contributed by atoms with Crippen molar-refractivity contribution >= 4 is 12.2 Å². The van der Waals surface area contributed by atoms with E-state index in [0.717, 1.165) is 73.6 Å². The summed E-state index contributed by atoms with van der Waals surface area (Å²) < 4.78 is 3.37. The third kappa shape index (κ3) is 3.50. The first-order valence-corrected chi connectivity index (χ1v) is 11.9. The van der Waals surface area contributed by atoms with Crippen LogP contribution < -0.4 is 0 Å². The van der Waals surface area contributed by atoms with E-state index in [1.165, 1.54) is 11.1 Å². The number of hydrogen-bond acceptors (Lipinski definition) is 4. The molecular weight excluding hydrogens is 404 g/mol. The van der Waals surface area contributed by atoms with Crippen LogP contribution in [0, 0.1) is 11.8 Å². The molecule has 4 N–H and O–H groups in total. The van der Waals surface area contributed by atoms with Crippen molar-refractivity contribution in [3.05, 3.63) is 33.4 Å². The molecular formula is C26H34N2O4. The molecule has 6 nitrogen and oxygen atoms in total. The second-order valence-electron chi connectivity index (χ2n) is 10.2. The summed E-state index contributed by atoms with van der Waals surface area (Å²) in [7, 11) is 0. The highest BCUT2D eigenvalue weighted by Gasteiger charge is 2.30. The predicted molar refractivity (Wildman–Crippen MR) is 125 cm³/mol. The molecule has 2 aromatic heterocycles. The van der Waals surface area contributed by atoms with Gasteiger partial charge in [0.1, 0.15) is 0 Å². The largest absolute Gasteiger partial charge is 0.494 e. The summed E-state index contributed by atoms with van der Waals surface area (Å²) in [5.74, 6) is 1.43. The molecule has 2 heterocycles. The third-order valence-electron chi connectivity index (χ3n) is 7.79. The zero-order valence-electron chi connectivity index (χ0n) is 19.1. The van der Waals surface area contributed by atoms with Gasteiger partial charge >= 0.3 is 0 Å². The van der Waals surface area contributed by atoms with Crippen molar-refractivity contribution in [1.29, 1.82) is 0 Å². The molecule has 0 saturated heterocycles. The van der Waals surface area contributed by atoms with Crippen LogP contribution in [0.3, 0.4) is 0 Å². The fourth-order valence-electron chi connectivity index (χ4n) is 6.00. The van der Waals surface area contributed by atoms with Gasteiger partial charge in [-0.25, -0.2) is 0 Å². The molecule has 2 unspecified atom stereocenters. The standard InChI is InChI=1S/C26H34N2O4/c1-15-6-8-19-21(10-15)25(31)27(23(19)29)13-17-4-3-5-18(12-17)14-28-24(30)20-9-7-16(2)11-22(20)26(28)32/h10-11,17-18,29-32H,3-9,12-14H2,1-2H3. The maximum atomic E-state index is 10.8. The van der Waals surface area contributed by atoms with Crippen LogP contribution in [0.1, 0.15) is 74.6 Å². The quantitative estimate of drug-likeness (QED) is 0.520. The fraction of sp³-hybridized carbons (Fsp3) is 0.538. The van der Waals surface area contributed by atoms with Gasteiger partial charge < -0.3 is 20.4 Å². The lowest BCUT2D eigenvalue weighted by molar-refractivity contribution is 0.203. The zero-order chi connectivity index (χ0) is 22.6. The van der Waals surface area contributed by atoms with Crippen LogP contribution in [0.5, 0.6) is 23.5 Å². The lowest BCUT2D eigenvalue weighted by Gasteiger charge is -2.30. The van der Waals surface area contributed by atoms with E-state index in [2.05, 4.69) is 13.8 Å². The molecule has 3 aliphatic carbocycles. The number of aromatic nitrogens is 2. The Balaban J connectivity index is 1.33. The topological polar surface area (TPSA) is 90.8 Å². The summed E-state index contributed by atoms with van der Waals surface area (Å²) in [6.45, 7) is 5.30. The minimum Gasteiger partial charge on any atom is -0.494 e. The van der Waals surface area contributed by atoms with Gasteiger partial charge in [0.15, 0.2) is 11.8 Å². The first-order chi connectivity index (χ1) is 15.3. The first-order valence-electron chi connectivity index (χ1n) is 11.9. The molecule has 32 heavy (non-hydrogen) atoms. The molecule has 1 fully saturated rings. The Bertz CT molecular complexity index is 1030.